The van der Waals surface area contributed by atoms with Gasteiger partial charge in [0.1, 0.15) is 5.76 Å². The molecule has 1 saturated heterocycles. The molecule has 0 radical (unpaired) electrons. The van der Waals surface area contributed by atoms with Gasteiger partial charge in [-0.1, -0.05) is 6.92 Å². The fourth-order valence-electron chi connectivity index (χ4n) is 2.37. The van der Waals surface area contributed by atoms with Gasteiger partial charge in [-0.25, -0.2) is 0 Å². The maximum atomic E-state index is 9.70. The van der Waals surface area contributed by atoms with Gasteiger partial charge in [0.2, 0.25) is 0 Å². The molecule has 2 rings (SSSR count). The van der Waals surface area contributed by atoms with Gasteiger partial charge in [-0.3, -0.25) is 4.90 Å². The van der Waals surface area contributed by atoms with E-state index in [1.54, 1.807) is 6.26 Å². The van der Waals surface area contributed by atoms with Crippen LogP contribution in [0.25, 0.3) is 0 Å². The van der Waals surface area contributed by atoms with Crippen molar-refractivity contribution in [1.82, 2.24) is 4.90 Å². The van der Waals surface area contributed by atoms with Crippen LogP contribution in [-0.4, -0.2) is 35.7 Å². The fourth-order valence-corrected chi connectivity index (χ4v) is 2.37. The summed E-state index contributed by atoms with van der Waals surface area (Å²) in [6.45, 7) is 4.39. The second-order valence-corrected chi connectivity index (χ2v) is 4.60. The molecule has 0 bridgehead atoms. The number of aliphatic hydroxyl groups is 1. The highest BCUT2D eigenvalue weighted by molar-refractivity contribution is 5.06. The highest BCUT2D eigenvalue weighted by Crippen LogP contribution is 2.26. The fraction of sp³-hybridized carbons (Fsp3) is 0.667. The molecule has 0 amide bonds. The molecule has 1 aromatic heterocycles. The maximum Gasteiger partial charge on any atom is 0.122 e. The molecule has 0 spiro atoms. The minimum absolute atomic E-state index is 0.143. The van der Waals surface area contributed by atoms with Crippen LogP contribution in [0.15, 0.2) is 22.8 Å². The van der Waals surface area contributed by atoms with E-state index in [1.807, 2.05) is 12.1 Å². The van der Waals surface area contributed by atoms with Gasteiger partial charge >= 0.3 is 0 Å². The van der Waals surface area contributed by atoms with E-state index in [-0.39, 0.29) is 12.1 Å². The molecule has 2 heterocycles. The summed E-state index contributed by atoms with van der Waals surface area (Å²) in [6.07, 6.45) is 2.32. The van der Waals surface area contributed by atoms with Crippen LogP contribution in [0.1, 0.15) is 25.1 Å². The molecule has 0 aliphatic carbocycles. The zero-order valence-electron chi connectivity index (χ0n) is 9.67. The zero-order chi connectivity index (χ0) is 11.5. The maximum absolute atomic E-state index is 9.70. The first-order chi connectivity index (χ1) is 7.72. The Hall–Kier alpha value is -0.840. The molecular weight excluding hydrogens is 204 g/mol. The van der Waals surface area contributed by atoms with Gasteiger partial charge in [-0.15, -0.1) is 0 Å². The summed E-state index contributed by atoms with van der Waals surface area (Å²) in [5.74, 6) is 1.23. The highest BCUT2D eigenvalue weighted by Gasteiger charge is 2.29. The van der Waals surface area contributed by atoms with Crippen LogP contribution in [0.4, 0.5) is 0 Å². The first-order valence-electron chi connectivity index (χ1n) is 5.88. The van der Waals surface area contributed by atoms with Crippen LogP contribution < -0.4 is 5.73 Å². The van der Waals surface area contributed by atoms with Gasteiger partial charge < -0.3 is 15.3 Å². The van der Waals surface area contributed by atoms with E-state index >= 15 is 0 Å². The van der Waals surface area contributed by atoms with E-state index in [9.17, 15) is 5.11 Å². The van der Waals surface area contributed by atoms with Gasteiger partial charge in [-0.05, 0) is 24.5 Å². The molecule has 0 saturated carbocycles. The summed E-state index contributed by atoms with van der Waals surface area (Å²) in [7, 11) is 0. The molecule has 3 unspecified atom stereocenters. The minimum atomic E-state index is -0.175. The lowest BCUT2D eigenvalue weighted by Crippen LogP contribution is -2.45. The van der Waals surface area contributed by atoms with E-state index in [1.165, 1.54) is 0 Å². The van der Waals surface area contributed by atoms with Crippen molar-refractivity contribution in [1.29, 1.82) is 0 Å². The van der Waals surface area contributed by atoms with E-state index in [4.69, 9.17) is 10.2 Å². The molecular formula is C12H20N2O2. The number of nitrogens with two attached hydrogens (primary N) is 1. The van der Waals surface area contributed by atoms with Gasteiger partial charge in [0, 0.05) is 19.6 Å². The largest absolute Gasteiger partial charge is 0.468 e. The van der Waals surface area contributed by atoms with Crippen LogP contribution in [0.2, 0.25) is 0 Å². The van der Waals surface area contributed by atoms with Gasteiger partial charge in [0.05, 0.1) is 18.4 Å². The molecule has 16 heavy (non-hydrogen) atoms. The number of piperidine rings is 1. The first kappa shape index (κ1) is 11.6. The van der Waals surface area contributed by atoms with Crippen LogP contribution in [0.5, 0.6) is 0 Å². The Morgan fingerprint density at radius 1 is 1.69 bits per heavy atom. The van der Waals surface area contributed by atoms with E-state index in [2.05, 4.69) is 11.8 Å². The third kappa shape index (κ3) is 2.29. The summed E-state index contributed by atoms with van der Waals surface area (Å²) in [5.41, 5.74) is 5.81. The van der Waals surface area contributed by atoms with Crippen molar-refractivity contribution in [2.75, 3.05) is 19.6 Å². The van der Waals surface area contributed by atoms with Crippen LogP contribution in [0, 0.1) is 5.92 Å². The Morgan fingerprint density at radius 2 is 2.50 bits per heavy atom. The Labute approximate surface area is 96.0 Å². The van der Waals surface area contributed by atoms with E-state index in [0.717, 1.165) is 25.3 Å². The summed E-state index contributed by atoms with van der Waals surface area (Å²) in [6, 6.07) is 4.00. The zero-order valence-corrected chi connectivity index (χ0v) is 9.67. The third-order valence-electron chi connectivity index (χ3n) is 3.43. The number of likely N-dealkylation sites (tertiary alicyclic amines) is 1. The molecule has 1 aromatic rings. The predicted molar refractivity (Wildman–Crippen MR) is 61.9 cm³/mol. The predicted octanol–water partition coefficient (Wildman–Crippen LogP) is 0.982. The summed E-state index contributed by atoms with van der Waals surface area (Å²) >= 11 is 0. The van der Waals surface area contributed by atoms with Crippen molar-refractivity contribution < 1.29 is 9.52 Å². The topological polar surface area (TPSA) is 62.6 Å². The van der Waals surface area contributed by atoms with Crippen LogP contribution in [-0.2, 0) is 0 Å². The van der Waals surface area contributed by atoms with Crippen LogP contribution >= 0.6 is 0 Å². The first-order valence-corrected chi connectivity index (χ1v) is 5.88. The van der Waals surface area contributed by atoms with Gasteiger partial charge in [-0.2, -0.15) is 0 Å². The number of nitrogens with zero attached hydrogens (tertiary/aromatic N) is 1. The number of aliphatic hydroxyl groups excluding tert-OH is 1. The lowest BCUT2D eigenvalue weighted by Gasteiger charge is -2.38. The lowest BCUT2D eigenvalue weighted by atomic mass is 9.95. The van der Waals surface area contributed by atoms with E-state index < -0.39 is 0 Å². The molecule has 3 N–H and O–H groups in total. The molecule has 1 aliphatic heterocycles. The van der Waals surface area contributed by atoms with E-state index in [0.29, 0.717) is 12.5 Å². The Bertz CT molecular complexity index is 313. The minimum Gasteiger partial charge on any atom is -0.468 e. The van der Waals surface area contributed by atoms with Gasteiger partial charge in [0.25, 0.3) is 0 Å². The lowest BCUT2D eigenvalue weighted by molar-refractivity contribution is 0.0143. The molecule has 4 nitrogen and oxygen atoms in total. The van der Waals surface area contributed by atoms with Crippen molar-refractivity contribution in [3.8, 4) is 0 Å². The van der Waals surface area contributed by atoms with Crippen molar-refractivity contribution in [2.24, 2.45) is 11.7 Å². The van der Waals surface area contributed by atoms with Crippen molar-refractivity contribution in [2.45, 2.75) is 25.5 Å². The second-order valence-electron chi connectivity index (χ2n) is 4.60. The summed E-state index contributed by atoms with van der Waals surface area (Å²) in [5, 5.41) is 9.70. The molecule has 4 heteroatoms. The molecule has 0 aromatic carbocycles. The molecule has 1 aliphatic rings. The highest BCUT2D eigenvalue weighted by atomic mass is 16.3. The second kappa shape index (κ2) is 4.99. The van der Waals surface area contributed by atoms with Gasteiger partial charge in [0.15, 0.2) is 0 Å². The van der Waals surface area contributed by atoms with Crippen molar-refractivity contribution >= 4 is 0 Å². The third-order valence-corrected chi connectivity index (χ3v) is 3.43. The monoisotopic (exact) mass is 224 g/mol. The summed E-state index contributed by atoms with van der Waals surface area (Å²) < 4.78 is 5.42. The average molecular weight is 224 g/mol. The number of furan rings is 1. The number of rotatable bonds is 3. The Morgan fingerprint density at radius 3 is 3.06 bits per heavy atom. The normalized spacial score (nSPS) is 29.2. The number of hydrogen-bond donors (Lipinski definition) is 2. The average Bonchev–Trinajstić information content (AvgIpc) is 2.78. The molecule has 3 atom stereocenters. The molecule has 90 valence electrons. The SMILES string of the molecule is CC1CN(C(CN)c2ccco2)CCC1O. The summed E-state index contributed by atoms with van der Waals surface area (Å²) in [4.78, 5) is 2.30. The quantitative estimate of drug-likeness (QED) is 0.803. The standard InChI is InChI=1S/C12H20N2O2/c1-9-8-14(5-4-11(9)15)10(7-13)12-3-2-6-16-12/h2-3,6,9-11,15H,4-5,7-8,13H2,1H3. The smallest absolute Gasteiger partial charge is 0.122 e. The Balaban J connectivity index is 2.05. The van der Waals surface area contributed by atoms with Crippen LogP contribution in [0.3, 0.4) is 0 Å². The molecule has 1 fully saturated rings. The van der Waals surface area contributed by atoms with Crippen molar-refractivity contribution in [3.05, 3.63) is 24.2 Å². The van der Waals surface area contributed by atoms with Crippen molar-refractivity contribution in [3.63, 3.8) is 0 Å². The Kier molecular flexibility index (Phi) is 3.63. The number of hydrogen-bond acceptors (Lipinski definition) is 4.